The van der Waals surface area contributed by atoms with Gasteiger partial charge in [0.1, 0.15) is 0 Å². The van der Waals surface area contributed by atoms with Crippen LogP contribution in [0.25, 0.3) is 0 Å². The van der Waals surface area contributed by atoms with E-state index >= 15 is 0 Å². The molecule has 0 aliphatic carbocycles. The van der Waals surface area contributed by atoms with Gasteiger partial charge in [0.2, 0.25) is 5.12 Å². The fourth-order valence-corrected chi connectivity index (χ4v) is 3.45. The van der Waals surface area contributed by atoms with Crippen molar-refractivity contribution in [3.05, 3.63) is 40.9 Å². The molecule has 6 nitrogen and oxygen atoms in total. The number of para-hydroxylation sites is 1. The zero-order valence-corrected chi connectivity index (χ0v) is 13.3. The van der Waals surface area contributed by atoms with Gasteiger partial charge in [0.25, 0.3) is 5.91 Å². The average Bonchev–Trinajstić information content (AvgIpc) is 3.00. The average molecular weight is 332 g/mol. The molecule has 0 radical (unpaired) electrons. The number of nitrogens with zero attached hydrogens (tertiary/aromatic N) is 3. The Morgan fingerprint density at radius 1 is 1.32 bits per heavy atom. The second-order valence-electron chi connectivity index (χ2n) is 4.72. The van der Waals surface area contributed by atoms with E-state index in [0.717, 1.165) is 22.5 Å². The van der Waals surface area contributed by atoms with Crippen LogP contribution in [0.15, 0.2) is 46.0 Å². The lowest BCUT2D eigenvalue weighted by Gasteiger charge is -2.19. The van der Waals surface area contributed by atoms with Gasteiger partial charge >= 0.3 is 0 Å². The number of thioether (sulfide) groups is 1. The SMILES string of the molecule is CC1=NN(C(N)=S)C(=O)/C1=C1\SC(=O)CN1c1ccccc1. The number of carbonyl (C=O) groups excluding carboxylic acids is 2. The fourth-order valence-electron chi connectivity index (χ4n) is 2.30. The van der Waals surface area contributed by atoms with Crippen LogP contribution < -0.4 is 10.6 Å². The van der Waals surface area contributed by atoms with Gasteiger partial charge in [-0.05, 0) is 43.0 Å². The Kier molecular flexibility index (Phi) is 3.71. The maximum atomic E-state index is 12.5. The number of anilines is 1. The number of thiocarbonyl (C=S) groups is 1. The molecule has 0 spiro atoms. The molecule has 0 bridgehead atoms. The van der Waals surface area contributed by atoms with E-state index in [9.17, 15) is 9.59 Å². The van der Waals surface area contributed by atoms with E-state index in [-0.39, 0.29) is 16.8 Å². The van der Waals surface area contributed by atoms with Gasteiger partial charge in [0.15, 0.2) is 5.11 Å². The quantitative estimate of drug-likeness (QED) is 0.619. The first kappa shape index (κ1) is 14.7. The molecular formula is C14H12N4O2S2. The molecule has 2 aliphatic rings. The van der Waals surface area contributed by atoms with Crippen LogP contribution in [-0.2, 0) is 9.59 Å². The number of benzene rings is 1. The van der Waals surface area contributed by atoms with E-state index in [1.54, 1.807) is 6.92 Å². The minimum atomic E-state index is -0.400. The van der Waals surface area contributed by atoms with Crippen molar-refractivity contribution >= 4 is 51.5 Å². The van der Waals surface area contributed by atoms with E-state index in [1.807, 2.05) is 35.2 Å². The Labute approximate surface area is 136 Å². The van der Waals surface area contributed by atoms with Gasteiger partial charge in [-0.25, -0.2) is 0 Å². The van der Waals surface area contributed by atoms with Crippen molar-refractivity contribution in [1.82, 2.24) is 5.01 Å². The van der Waals surface area contributed by atoms with E-state index < -0.39 is 5.91 Å². The number of carbonyl (C=O) groups is 2. The lowest BCUT2D eigenvalue weighted by Crippen LogP contribution is -2.34. The Morgan fingerprint density at radius 3 is 2.59 bits per heavy atom. The van der Waals surface area contributed by atoms with Crippen LogP contribution in [0.3, 0.4) is 0 Å². The molecule has 1 amide bonds. The summed E-state index contributed by atoms with van der Waals surface area (Å²) in [4.78, 5) is 26.2. The monoisotopic (exact) mass is 332 g/mol. The van der Waals surface area contributed by atoms with Gasteiger partial charge in [-0.2, -0.15) is 10.1 Å². The normalized spacial score (nSPS) is 21.6. The van der Waals surface area contributed by atoms with Crippen molar-refractivity contribution in [1.29, 1.82) is 0 Å². The van der Waals surface area contributed by atoms with E-state index in [2.05, 4.69) is 5.10 Å². The largest absolute Gasteiger partial charge is 0.374 e. The standard InChI is InChI=1S/C14H12N4O2S2/c1-8-11(12(20)18(16-8)14(15)21)13-17(7-10(19)22-13)9-5-3-2-4-6-9/h2-6H,7H2,1H3,(H2,15,21)/b13-11-. The highest BCUT2D eigenvalue weighted by atomic mass is 32.2. The second kappa shape index (κ2) is 5.54. The Bertz CT molecular complexity index is 742. The first-order chi connectivity index (χ1) is 10.5. The number of hydrazone groups is 1. The lowest BCUT2D eigenvalue weighted by molar-refractivity contribution is -0.122. The molecule has 0 saturated carbocycles. The highest BCUT2D eigenvalue weighted by Crippen LogP contribution is 2.38. The van der Waals surface area contributed by atoms with Crippen LogP contribution >= 0.6 is 24.0 Å². The van der Waals surface area contributed by atoms with Crippen LogP contribution in [0.1, 0.15) is 6.92 Å². The van der Waals surface area contributed by atoms with Gasteiger partial charge in [0.05, 0.1) is 22.9 Å². The Morgan fingerprint density at radius 2 is 2.00 bits per heavy atom. The summed E-state index contributed by atoms with van der Waals surface area (Å²) in [6.07, 6.45) is 0. The van der Waals surface area contributed by atoms with E-state index in [4.69, 9.17) is 18.0 Å². The summed E-state index contributed by atoms with van der Waals surface area (Å²) in [6, 6.07) is 9.42. The van der Waals surface area contributed by atoms with E-state index in [1.165, 1.54) is 0 Å². The molecule has 2 heterocycles. The van der Waals surface area contributed by atoms with Crippen LogP contribution in [0.2, 0.25) is 0 Å². The number of hydrogen-bond donors (Lipinski definition) is 1. The summed E-state index contributed by atoms with van der Waals surface area (Å²) in [5.41, 5.74) is 7.21. The van der Waals surface area contributed by atoms with Crippen LogP contribution in [-0.4, -0.2) is 33.4 Å². The predicted octanol–water partition coefficient (Wildman–Crippen LogP) is 1.44. The number of hydrogen-bond acceptors (Lipinski definition) is 6. The molecule has 8 heteroatoms. The highest BCUT2D eigenvalue weighted by molar-refractivity contribution is 8.17. The highest BCUT2D eigenvalue weighted by Gasteiger charge is 2.38. The maximum absolute atomic E-state index is 12.5. The number of rotatable bonds is 1. The van der Waals surface area contributed by atoms with Crippen molar-refractivity contribution in [2.45, 2.75) is 6.92 Å². The lowest BCUT2D eigenvalue weighted by atomic mass is 10.2. The van der Waals surface area contributed by atoms with Crippen molar-refractivity contribution < 1.29 is 9.59 Å². The summed E-state index contributed by atoms with van der Waals surface area (Å²) in [6.45, 7) is 1.91. The van der Waals surface area contributed by atoms with Crippen molar-refractivity contribution in [3.63, 3.8) is 0 Å². The zero-order valence-electron chi connectivity index (χ0n) is 11.6. The topological polar surface area (TPSA) is 79.0 Å². The summed E-state index contributed by atoms with van der Waals surface area (Å²) in [7, 11) is 0. The number of nitrogens with two attached hydrogens (primary N) is 1. The summed E-state index contributed by atoms with van der Waals surface area (Å²) in [5.74, 6) is -0.400. The van der Waals surface area contributed by atoms with Crippen molar-refractivity contribution in [2.24, 2.45) is 10.8 Å². The molecule has 1 aromatic rings. The van der Waals surface area contributed by atoms with Gasteiger partial charge in [-0.3, -0.25) is 9.59 Å². The third kappa shape index (κ3) is 2.40. The molecule has 1 saturated heterocycles. The minimum absolute atomic E-state index is 0.0271. The molecule has 112 valence electrons. The second-order valence-corrected chi connectivity index (χ2v) is 6.18. The summed E-state index contributed by atoms with van der Waals surface area (Å²) in [5, 5.41) is 5.49. The van der Waals surface area contributed by atoms with Gasteiger partial charge in [-0.1, -0.05) is 18.2 Å². The van der Waals surface area contributed by atoms with Crippen molar-refractivity contribution in [2.75, 3.05) is 11.4 Å². The molecule has 0 atom stereocenters. The summed E-state index contributed by atoms with van der Waals surface area (Å²) < 4.78 is 0. The molecule has 1 fully saturated rings. The Hall–Kier alpha value is -2.19. The first-order valence-corrected chi connectivity index (χ1v) is 7.68. The minimum Gasteiger partial charge on any atom is -0.374 e. The molecule has 2 aliphatic heterocycles. The fraction of sp³-hybridized carbons (Fsp3) is 0.143. The van der Waals surface area contributed by atoms with Crippen LogP contribution in [0.5, 0.6) is 0 Å². The Balaban J connectivity index is 2.09. The third-order valence-corrected chi connectivity index (χ3v) is 4.40. The molecule has 1 aromatic carbocycles. The maximum Gasteiger partial charge on any atom is 0.285 e. The molecule has 0 unspecified atom stereocenters. The summed E-state index contributed by atoms with van der Waals surface area (Å²) >= 11 is 5.87. The van der Waals surface area contributed by atoms with Crippen LogP contribution in [0.4, 0.5) is 5.69 Å². The predicted molar refractivity (Wildman–Crippen MR) is 90.2 cm³/mol. The van der Waals surface area contributed by atoms with Gasteiger partial charge in [-0.15, -0.1) is 0 Å². The molecule has 3 rings (SSSR count). The third-order valence-electron chi connectivity index (χ3n) is 3.25. The first-order valence-electron chi connectivity index (χ1n) is 6.46. The van der Waals surface area contributed by atoms with Gasteiger partial charge in [0, 0.05) is 5.69 Å². The van der Waals surface area contributed by atoms with Gasteiger partial charge < -0.3 is 10.6 Å². The van der Waals surface area contributed by atoms with Crippen LogP contribution in [0, 0.1) is 0 Å². The molecule has 0 aromatic heterocycles. The zero-order chi connectivity index (χ0) is 15.9. The van der Waals surface area contributed by atoms with E-state index in [0.29, 0.717) is 16.3 Å². The van der Waals surface area contributed by atoms with Crippen molar-refractivity contribution in [3.8, 4) is 0 Å². The number of amides is 1. The smallest absolute Gasteiger partial charge is 0.285 e. The molecular weight excluding hydrogens is 320 g/mol. The molecule has 22 heavy (non-hydrogen) atoms. The molecule has 2 N–H and O–H groups in total.